The molecular formula is C23H22N4O4S. The maximum Gasteiger partial charge on any atom is 0.335 e. The van der Waals surface area contributed by atoms with Crippen LogP contribution in [-0.2, 0) is 11.4 Å². The average molecular weight is 451 g/mol. The van der Waals surface area contributed by atoms with E-state index in [0.717, 1.165) is 22.5 Å². The van der Waals surface area contributed by atoms with Gasteiger partial charge in [0, 0.05) is 11.4 Å². The maximum atomic E-state index is 12.0. The molecule has 1 aromatic heterocycles. The topological polar surface area (TPSA) is 114 Å². The van der Waals surface area contributed by atoms with E-state index in [1.165, 1.54) is 24.0 Å². The Labute approximate surface area is 189 Å². The number of ether oxygens (including phenoxy) is 1. The monoisotopic (exact) mass is 450 g/mol. The Hall–Kier alpha value is -3.72. The van der Waals surface area contributed by atoms with Crippen LogP contribution in [0.4, 0.5) is 0 Å². The highest BCUT2D eigenvalue weighted by Crippen LogP contribution is 2.15. The zero-order valence-corrected chi connectivity index (χ0v) is 18.4. The van der Waals surface area contributed by atoms with Crippen LogP contribution in [0.3, 0.4) is 0 Å². The van der Waals surface area contributed by atoms with Crippen molar-refractivity contribution >= 4 is 29.9 Å². The molecule has 164 valence electrons. The molecule has 1 heterocycles. The Balaban J connectivity index is 1.45. The number of aromatic carboxylic acids is 1. The summed E-state index contributed by atoms with van der Waals surface area (Å²) in [5.74, 6) is -0.426. The third kappa shape index (κ3) is 7.21. The molecule has 3 rings (SSSR count). The van der Waals surface area contributed by atoms with E-state index in [1.54, 1.807) is 42.5 Å². The van der Waals surface area contributed by atoms with Crippen molar-refractivity contribution in [1.29, 1.82) is 0 Å². The first-order valence-corrected chi connectivity index (χ1v) is 10.7. The number of carbonyl (C=O) groups is 2. The minimum atomic E-state index is -0.972. The van der Waals surface area contributed by atoms with Crippen LogP contribution < -0.4 is 10.2 Å². The molecule has 0 aliphatic heterocycles. The fourth-order valence-corrected chi connectivity index (χ4v) is 3.45. The highest BCUT2D eigenvalue weighted by molar-refractivity contribution is 7.99. The summed E-state index contributed by atoms with van der Waals surface area (Å²) in [5, 5.41) is 13.6. The van der Waals surface area contributed by atoms with Crippen molar-refractivity contribution in [2.45, 2.75) is 25.6 Å². The molecule has 0 aliphatic rings. The standard InChI is InChI=1S/C23H22N4O4S/c1-15-10-16(2)26-23(25-15)32-14-21(28)27-24-12-17-6-8-20(9-7-17)31-13-18-4-3-5-19(11-18)22(29)30/h3-12H,13-14H2,1-2H3,(H,27,28)(H,29,30)/b24-12-. The lowest BCUT2D eigenvalue weighted by Gasteiger charge is -2.07. The van der Waals surface area contributed by atoms with Gasteiger partial charge in [-0.25, -0.2) is 20.2 Å². The summed E-state index contributed by atoms with van der Waals surface area (Å²) < 4.78 is 5.69. The second kappa shape index (κ2) is 11.1. The van der Waals surface area contributed by atoms with Crippen molar-refractivity contribution in [3.63, 3.8) is 0 Å². The number of aromatic nitrogens is 2. The first-order chi connectivity index (χ1) is 15.4. The summed E-state index contributed by atoms with van der Waals surface area (Å²) in [4.78, 5) is 31.6. The number of nitrogens with one attached hydrogen (secondary N) is 1. The molecule has 3 aromatic rings. The van der Waals surface area contributed by atoms with Crippen molar-refractivity contribution in [2.75, 3.05) is 5.75 Å². The SMILES string of the molecule is Cc1cc(C)nc(SCC(=O)N/N=C\c2ccc(OCc3cccc(C(=O)O)c3)cc2)n1. The Morgan fingerprint density at radius 2 is 1.81 bits per heavy atom. The zero-order chi connectivity index (χ0) is 22.9. The number of hydrogen-bond donors (Lipinski definition) is 2. The largest absolute Gasteiger partial charge is 0.489 e. The third-order valence-corrected chi connectivity index (χ3v) is 5.00. The van der Waals surface area contributed by atoms with Gasteiger partial charge in [0.25, 0.3) is 5.91 Å². The molecule has 0 atom stereocenters. The molecule has 2 N–H and O–H groups in total. The second-order valence-corrected chi connectivity index (χ2v) is 7.82. The third-order valence-electron chi connectivity index (χ3n) is 4.16. The molecule has 2 aromatic carbocycles. The van der Waals surface area contributed by atoms with Crippen LogP contribution in [0.15, 0.2) is 64.9 Å². The number of aryl methyl sites for hydroxylation is 2. The van der Waals surface area contributed by atoms with E-state index in [0.29, 0.717) is 10.9 Å². The minimum Gasteiger partial charge on any atom is -0.489 e. The van der Waals surface area contributed by atoms with Crippen LogP contribution in [-0.4, -0.2) is 38.9 Å². The van der Waals surface area contributed by atoms with E-state index in [4.69, 9.17) is 9.84 Å². The first-order valence-electron chi connectivity index (χ1n) is 9.71. The predicted molar refractivity (Wildman–Crippen MR) is 122 cm³/mol. The van der Waals surface area contributed by atoms with Gasteiger partial charge in [0.15, 0.2) is 5.16 Å². The number of carboxylic acids is 1. The van der Waals surface area contributed by atoms with Gasteiger partial charge in [-0.05, 0) is 67.4 Å². The lowest BCUT2D eigenvalue weighted by atomic mass is 10.1. The molecule has 0 saturated carbocycles. The summed E-state index contributed by atoms with van der Waals surface area (Å²) >= 11 is 1.25. The van der Waals surface area contributed by atoms with E-state index in [2.05, 4.69) is 20.5 Å². The number of thioether (sulfide) groups is 1. The number of benzene rings is 2. The average Bonchev–Trinajstić information content (AvgIpc) is 2.77. The molecule has 8 nitrogen and oxygen atoms in total. The molecule has 0 radical (unpaired) electrons. The molecule has 0 unspecified atom stereocenters. The number of hydrogen-bond acceptors (Lipinski definition) is 7. The molecule has 9 heteroatoms. The number of carboxylic acid groups (broad SMARTS) is 1. The summed E-state index contributed by atoms with van der Waals surface area (Å²) in [5.41, 5.74) is 5.98. The number of carbonyl (C=O) groups excluding carboxylic acids is 1. The quantitative estimate of drug-likeness (QED) is 0.222. The van der Waals surface area contributed by atoms with Gasteiger partial charge in [-0.3, -0.25) is 4.79 Å². The van der Waals surface area contributed by atoms with Crippen LogP contribution in [0, 0.1) is 13.8 Å². The lowest BCUT2D eigenvalue weighted by molar-refractivity contribution is -0.118. The molecule has 0 spiro atoms. The van der Waals surface area contributed by atoms with Gasteiger partial charge >= 0.3 is 5.97 Å². The van der Waals surface area contributed by atoms with Gasteiger partial charge in [-0.15, -0.1) is 0 Å². The van der Waals surface area contributed by atoms with Gasteiger partial charge in [0.2, 0.25) is 0 Å². The van der Waals surface area contributed by atoms with E-state index in [1.807, 2.05) is 19.9 Å². The molecule has 0 saturated heterocycles. The van der Waals surface area contributed by atoms with Gasteiger partial charge in [-0.2, -0.15) is 5.10 Å². The molecule has 0 aliphatic carbocycles. The van der Waals surface area contributed by atoms with E-state index >= 15 is 0 Å². The Morgan fingerprint density at radius 1 is 1.09 bits per heavy atom. The van der Waals surface area contributed by atoms with Crippen LogP contribution in [0.2, 0.25) is 0 Å². The number of rotatable bonds is 9. The van der Waals surface area contributed by atoms with Crippen molar-refractivity contribution < 1.29 is 19.4 Å². The van der Waals surface area contributed by atoms with Gasteiger partial charge in [0.05, 0.1) is 17.5 Å². The maximum absolute atomic E-state index is 12.0. The lowest BCUT2D eigenvalue weighted by Crippen LogP contribution is -2.19. The van der Waals surface area contributed by atoms with Gasteiger partial charge in [0.1, 0.15) is 12.4 Å². The fourth-order valence-electron chi connectivity index (χ4n) is 2.71. The minimum absolute atomic E-state index is 0.163. The number of amides is 1. The fraction of sp³-hybridized carbons (Fsp3) is 0.174. The van der Waals surface area contributed by atoms with Crippen molar-refractivity contribution in [3.05, 3.63) is 82.7 Å². The Bertz CT molecular complexity index is 1110. The first kappa shape index (κ1) is 23.0. The zero-order valence-electron chi connectivity index (χ0n) is 17.6. The molecule has 1 amide bonds. The Kier molecular flexibility index (Phi) is 7.93. The molecule has 32 heavy (non-hydrogen) atoms. The molecule has 0 fully saturated rings. The second-order valence-electron chi connectivity index (χ2n) is 6.88. The smallest absolute Gasteiger partial charge is 0.335 e. The van der Waals surface area contributed by atoms with Gasteiger partial charge in [-0.1, -0.05) is 23.9 Å². The summed E-state index contributed by atoms with van der Waals surface area (Å²) in [6.07, 6.45) is 1.54. The molecular weight excluding hydrogens is 428 g/mol. The van der Waals surface area contributed by atoms with Crippen molar-refractivity contribution in [3.8, 4) is 5.75 Å². The summed E-state index contributed by atoms with van der Waals surface area (Å²) in [6, 6.07) is 15.6. The van der Waals surface area contributed by atoms with E-state index in [-0.39, 0.29) is 23.8 Å². The number of nitrogens with zero attached hydrogens (tertiary/aromatic N) is 3. The predicted octanol–water partition coefficient (Wildman–Crippen LogP) is 3.61. The summed E-state index contributed by atoms with van der Waals surface area (Å²) in [7, 11) is 0. The van der Waals surface area contributed by atoms with E-state index in [9.17, 15) is 9.59 Å². The highest BCUT2D eigenvalue weighted by atomic mass is 32.2. The Morgan fingerprint density at radius 3 is 2.50 bits per heavy atom. The van der Waals surface area contributed by atoms with Crippen molar-refractivity contribution in [2.24, 2.45) is 5.10 Å². The van der Waals surface area contributed by atoms with Crippen LogP contribution in [0.1, 0.15) is 32.9 Å². The normalized spacial score (nSPS) is 10.8. The van der Waals surface area contributed by atoms with Gasteiger partial charge < -0.3 is 9.84 Å². The van der Waals surface area contributed by atoms with Crippen LogP contribution in [0.25, 0.3) is 0 Å². The highest BCUT2D eigenvalue weighted by Gasteiger charge is 2.06. The number of hydrazone groups is 1. The molecule has 0 bridgehead atoms. The van der Waals surface area contributed by atoms with Crippen molar-refractivity contribution in [1.82, 2.24) is 15.4 Å². The van der Waals surface area contributed by atoms with Crippen LogP contribution in [0.5, 0.6) is 5.75 Å². The summed E-state index contributed by atoms with van der Waals surface area (Å²) in [6.45, 7) is 4.03. The van der Waals surface area contributed by atoms with Crippen LogP contribution >= 0.6 is 11.8 Å². The van der Waals surface area contributed by atoms with E-state index < -0.39 is 5.97 Å².